The van der Waals surface area contributed by atoms with Crippen LogP contribution in [0.15, 0.2) is 49.1 Å². The Morgan fingerprint density at radius 1 is 1.12 bits per heavy atom. The highest BCUT2D eigenvalue weighted by molar-refractivity contribution is 5.92. The molecule has 2 atom stereocenters. The molecule has 0 fully saturated rings. The van der Waals surface area contributed by atoms with Crippen molar-refractivity contribution in [3.63, 3.8) is 0 Å². The van der Waals surface area contributed by atoms with Crippen LogP contribution in [-0.4, -0.2) is 62.9 Å². The van der Waals surface area contributed by atoms with Gasteiger partial charge in [0.15, 0.2) is 0 Å². The number of carbonyl (C=O) groups is 2. The Labute approximate surface area is 229 Å². The van der Waals surface area contributed by atoms with Crippen LogP contribution in [0.25, 0.3) is 0 Å². The predicted molar refractivity (Wildman–Crippen MR) is 140 cm³/mol. The largest absolute Gasteiger partial charge is 0.497 e. The zero-order valence-corrected chi connectivity index (χ0v) is 22.9. The molecule has 14 heteroatoms. The highest BCUT2D eigenvalue weighted by atomic mass is 19.1. The molecule has 3 N–H and O–H groups in total. The number of aromatic nitrogens is 3. The van der Waals surface area contributed by atoms with E-state index in [-0.39, 0.29) is 17.0 Å². The van der Waals surface area contributed by atoms with Gasteiger partial charge in [0.05, 0.1) is 32.5 Å². The number of amides is 3. The van der Waals surface area contributed by atoms with Gasteiger partial charge in [-0.05, 0) is 45.9 Å². The van der Waals surface area contributed by atoms with Crippen molar-refractivity contribution in [3.8, 4) is 11.5 Å². The lowest BCUT2D eigenvalue weighted by Gasteiger charge is -2.41. The second-order valence-electron chi connectivity index (χ2n) is 9.80. The summed E-state index contributed by atoms with van der Waals surface area (Å²) in [6.07, 6.45) is 1.44. The monoisotopic (exact) mass is 562 g/mol. The zero-order chi connectivity index (χ0) is 29.7. The molecule has 0 aliphatic rings. The van der Waals surface area contributed by atoms with Crippen LogP contribution < -0.4 is 20.2 Å². The number of carbonyl (C=O) groups excluding carboxylic acids is 2. The molecule has 0 spiro atoms. The number of ether oxygens (including phenoxy) is 3. The lowest BCUT2D eigenvalue weighted by atomic mass is 9.86. The van der Waals surface area contributed by atoms with Crippen molar-refractivity contribution in [1.82, 2.24) is 25.2 Å². The van der Waals surface area contributed by atoms with Crippen LogP contribution in [0.1, 0.15) is 33.3 Å². The fraction of sp³-hybridized carbons (Fsp3) is 0.385. The molecular formula is C26H32F2N6O6. The Kier molecular flexibility index (Phi) is 9.14. The summed E-state index contributed by atoms with van der Waals surface area (Å²) < 4.78 is 45.9. The maximum atomic E-state index is 15.1. The number of hydrazine groups is 1. The van der Waals surface area contributed by atoms with E-state index in [1.54, 1.807) is 26.8 Å². The zero-order valence-electron chi connectivity index (χ0n) is 22.9. The number of benzene rings is 2. The second kappa shape index (κ2) is 12.2. The summed E-state index contributed by atoms with van der Waals surface area (Å²) in [5.41, 5.74) is -1.04. The predicted octanol–water partition coefficient (Wildman–Crippen LogP) is 3.82. The average Bonchev–Trinajstić information content (AvgIpc) is 3.38. The average molecular weight is 563 g/mol. The summed E-state index contributed by atoms with van der Waals surface area (Å²) in [6.45, 7) is 5.80. The van der Waals surface area contributed by atoms with Gasteiger partial charge in [0.2, 0.25) is 0 Å². The number of anilines is 1. The summed E-state index contributed by atoms with van der Waals surface area (Å²) in [7, 11) is 2.85. The molecule has 0 radical (unpaired) electrons. The van der Waals surface area contributed by atoms with Gasteiger partial charge in [-0.1, -0.05) is 6.07 Å². The maximum Gasteiger partial charge on any atom is 0.426 e. The lowest BCUT2D eigenvalue weighted by molar-refractivity contribution is -0.0634. The Balaban J connectivity index is 2.07. The van der Waals surface area contributed by atoms with Crippen molar-refractivity contribution in [2.45, 2.75) is 51.5 Å². The molecule has 12 nitrogen and oxygen atoms in total. The first-order chi connectivity index (χ1) is 18.8. The maximum absolute atomic E-state index is 15.1. The summed E-state index contributed by atoms with van der Waals surface area (Å²) in [4.78, 5) is 30.3. The summed E-state index contributed by atoms with van der Waals surface area (Å²) in [6, 6.07) is 4.87. The van der Waals surface area contributed by atoms with Crippen LogP contribution in [0.5, 0.6) is 11.5 Å². The van der Waals surface area contributed by atoms with Crippen molar-refractivity contribution in [3.05, 3.63) is 66.3 Å². The van der Waals surface area contributed by atoms with E-state index in [4.69, 9.17) is 14.2 Å². The molecule has 3 aromatic rings. The van der Waals surface area contributed by atoms with Gasteiger partial charge < -0.3 is 24.6 Å². The number of hydrogen-bond acceptors (Lipinski definition) is 8. The van der Waals surface area contributed by atoms with Crippen LogP contribution in [-0.2, 0) is 16.9 Å². The summed E-state index contributed by atoms with van der Waals surface area (Å²) in [5.74, 6) is -1.25. The number of hydrogen-bond donors (Lipinski definition) is 3. The number of methoxy groups -OCH3 is 2. The van der Waals surface area contributed by atoms with Gasteiger partial charge in [0.1, 0.15) is 47.0 Å². The molecule has 0 bridgehead atoms. The summed E-state index contributed by atoms with van der Waals surface area (Å²) in [5, 5.41) is 19.3. The molecule has 2 aromatic carbocycles. The number of urea groups is 1. The van der Waals surface area contributed by atoms with E-state index in [0.717, 1.165) is 17.1 Å². The minimum absolute atomic E-state index is 0.198. The lowest BCUT2D eigenvalue weighted by Crippen LogP contribution is -2.61. The minimum atomic E-state index is -2.28. The van der Waals surface area contributed by atoms with Gasteiger partial charge in [0.25, 0.3) is 0 Å². The van der Waals surface area contributed by atoms with Crippen molar-refractivity contribution in [2.75, 3.05) is 19.5 Å². The van der Waals surface area contributed by atoms with Gasteiger partial charge in [-0.15, -0.1) is 0 Å². The van der Waals surface area contributed by atoms with Gasteiger partial charge in [-0.2, -0.15) is 5.10 Å². The third kappa shape index (κ3) is 7.14. The van der Waals surface area contributed by atoms with Crippen LogP contribution in [0.3, 0.4) is 0 Å². The fourth-order valence-corrected chi connectivity index (χ4v) is 3.86. The van der Waals surface area contributed by atoms with Gasteiger partial charge in [-0.25, -0.2) is 38.5 Å². The second-order valence-corrected chi connectivity index (χ2v) is 9.80. The standard InChI is InChI=1S/C26H32F2N6O6/c1-16(26(37,13-33-15-29-14-30-33)19-9-7-17(27)11-20(19)28)34(32-24(36)40-25(2,3)4)23(35)31-21-10-8-18(38-5)12-22(21)39-6/h7-12,14-16,37H,13H2,1-6H3,(H,31,35)(H,32,36)/t16-,26-/m1/s1. The van der Waals surface area contributed by atoms with E-state index in [1.807, 2.05) is 0 Å². The summed E-state index contributed by atoms with van der Waals surface area (Å²) >= 11 is 0. The number of nitrogens with zero attached hydrogens (tertiary/aromatic N) is 4. The SMILES string of the molecule is COc1ccc(NC(=O)N(NC(=O)OC(C)(C)C)[C@H](C)[C@](O)(Cn2cncn2)c2ccc(F)cc2F)c(OC)c1. The minimum Gasteiger partial charge on any atom is -0.497 e. The molecule has 3 rings (SSSR count). The normalized spacial score (nSPS) is 13.5. The van der Waals surface area contributed by atoms with E-state index < -0.39 is 47.5 Å². The molecule has 0 unspecified atom stereocenters. The first-order valence-corrected chi connectivity index (χ1v) is 12.1. The number of rotatable bonds is 8. The number of nitrogens with one attached hydrogen (secondary N) is 2. The third-order valence-corrected chi connectivity index (χ3v) is 5.83. The van der Waals surface area contributed by atoms with E-state index in [0.29, 0.717) is 11.8 Å². The molecule has 216 valence electrons. The number of halogens is 2. The van der Waals surface area contributed by atoms with Crippen LogP contribution in [0.4, 0.5) is 24.1 Å². The van der Waals surface area contributed by atoms with Crippen molar-refractivity contribution in [2.24, 2.45) is 0 Å². The van der Waals surface area contributed by atoms with Crippen molar-refractivity contribution >= 4 is 17.8 Å². The molecule has 40 heavy (non-hydrogen) atoms. The van der Waals surface area contributed by atoms with Gasteiger partial charge in [-0.3, -0.25) is 0 Å². The van der Waals surface area contributed by atoms with Crippen LogP contribution in [0, 0.1) is 11.6 Å². The smallest absolute Gasteiger partial charge is 0.426 e. The van der Waals surface area contributed by atoms with Crippen molar-refractivity contribution < 1.29 is 37.7 Å². The van der Waals surface area contributed by atoms with E-state index in [2.05, 4.69) is 20.8 Å². The Bertz CT molecular complexity index is 1330. The van der Waals surface area contributed by atoms with Crippen LogP contribution >= 0.6 is 0 Å². The topological polar surface area (TPSA) is 140 Å². The first-order valence-electron chi connectivity index (χ1n) is 12.1. The third-order valence-electron chi connectivity index (χ3n) is 5.83. The Hall–Kier alpha value is -4.46. The molecular weight excluding hydrogens is 530 g/mol. The van der Waals surface area contributed by atoms with Crippen LogP contribution in [0.2, 0.25) is 0 Å². The fourth-order valence-electron chi connectivity index (χ4n) is 3.86. The molecule has 1 aromatic heterocycles. The van der Waals surface area contributed by atoms with E-state index in [1.165, 1.54) is 50.6 Å². The molecule has 0 saturated carbocycles. The molecule has 3 amide bonds. The van der Waals surface area contributed by atoms with E-state index in [9.17, 15) is 19.1 Å². The highest BCUT2D eigenvalue weighted by Crippen LogP contribution is 2.34. The van der Waals surface area contributed by atoms with E-state index >= 15 is 4.39 Å². The molecule has 0 saturated heterocycles. The van der Waals surface area contributed by atoms with Gasteiger partial charge >= 0.3 is 12.1 Å². The molecule has 0 aliphatic heterocycles. The Morgan fingerprint density at radius 2 is 1.85 bits per heavy atom. The highest BCUT2D eigenvalue weighted by Gasteiger charge is 2.45. The Morgan fingerprint density at radius 3 is 2.42 bits per heavy atom. The van der Waals surface area contributed by atoms with Crippen molar-refractivity contribution in [1.29, 1.82) is 0 Å². The number of aliphatic hydroxyl groups is 1. The first kappa shape index (κ1) is 30.1. The molecule has 1 heterocycles. The van der Waals surface area contributed by atoms with Gasteiger partial charge in [0, 0.05) is 17.7 Å². The molecule has 0 aliphatic carbocycles. The quantitative estimate of drug-likeness (QED) is 0.352.